The SMILES string of the molecule is CCO[C@H](NC(C)=O)C(=O)NC. The molecule has 0 aliphatic heterocycles. The van der Waals surface area contributed by atoms with Crippen molar-refractivity contribution in [2.45, 2.75) is 20.1 Å². The van der Waals surface area contributed by atoms with Gasteiger partial charge >= 0.3 is 0 Å². The quantitative estimate of drug-likeness (QED) is 0.550. The number of ether oxygens (including phenoxy) is 1. The van der Waals surface area contributed by atoms with Crippen LogP contribution in [0.15, 0.2) is 0 Å². The van der Waals surface area contributed by atoms with Crippen molar-refractivity contribution in [1.29, 1.82) is 0 Å². The standard InChI is InChI=1S/C7H14N2O3/c1-4-12-7(6(11)8-3)9-5(2)10/h7H,4H2,1-3H3,(H,8,11)(H,9,10)/t7-/m0/s1. The van der Waals surface area contributed by atoms with Crippen molar-refractivity contribution in [3.63, 3.8) is 0 Å². The summed E-state index contributed by atoms with van der Waals surface area (Å²) in [6.45, 7) is 3.45. The molecule has 70 valence electrons. The molecule has 0 spiro atoms. The van der Waals surface area contributed by atoms with Crippen molar-refractivity contribution >= 4 is 11.8 Å². The van der Waals surface area contributed by atoms with Crippen LogP contribution in [0.4, 0.5) is 0 Å². The number of amides is 2. The van der Waals surface area contributed by atoms with Gasteiger partial charge in [0.1, 0.15) is 0 Å². The fourth-order valence-corrected chi connectivity index (χ4v) is 0.665. The maximum atomic E-state index is 11.0. The Morgan fingerprint density at radius 2 is 2.08 bits per heavy atom. The van der Waals surface area contributed by atoms with E-state index in [9.17, 15) is 9.59 Å². The lowest BCUT2D eigenvalue weighted by atomic mass is 10.5. The van der Waals surface area contributed by atoms with Crippen LogP contribution in [-0.2, 0) is 14.3 Å². The third-order valence-corrected chi connectivity index (χ3v) is 1.15. The maximum Gasteiger partial charge on any atom is 0.269 e. The molecule has 0 aromatic rings. The molecule has 0 bridgehead atoms. The van der Waals surface area contributed by atoms with Crippen molar-refractivity contribution < 1.29 is 14.3 Å². The second-order valence-corrected chi connectivity index (χ2v) is 2.15. The van der Waals surface area contributed by atoms with E-state index < -0.39 is 6.23 Å². The summed E-state index contributed by atoms with van der Waals surface area (Å²) in [5.41, 5.74) is 0. The van der Waals surface area contributed by atoms with Crippen LogP contribution in [0.1, 0.15) is 13.8 Å². The summed E-state index contributed by atoms with van der Waals surface area (Å²) in [5.74, 6) is -0.649. The molecule has 2 amide bonds. The third kappa shape index (κ3) is 3.92. The molecule has 0 radical (unpaired) electrons. The summed E-state index contributed by atoms with van der Waals surface area (Å²) in [4.78, 5) is 21.6. The van der Waals surface area contributed by atoms with E-state index in [1.54, 1.807) is 6.92 Å². The minimum atomic E-state index is -0.877. The minimum absolute atomic E-state index is 0.294. The first kappa shape index (κ1) is 10.9. The van der Waals surface area contributed by atoms with Gasteiger partial charge in [-0.3, -0.25) is 9.59 Å². The number of carbonyl (C=O) groups excluding carboxylic acids is 2. The molecule has 0 rings (SSSR count). The molecule has 0 fully saturated rings. The lowest BCUT2D eigenvalue weighted by molar-refractivity contribution is -0.139. The van der Waals surface area contributed by atoms with Gasteiger partial charge < -0.3 is 15.4 Å². The molecule has 12 heavy (non-hydrogen) atoms. The van der Waals surface area contributed by atoms with E-state index in [0.717, 1.165) is 0 Å². The van der Waals surface area contributed by atoms with Crippen LogP contribution in [-0.4, -0.2) is 31.7 Å². The van der Waals surface area contributed by atoms with Gasteiger partial charge in [-0.05, 0) is 6.92 Å². The monoisotopic (exact) mass is 174 g/mol. The number of hydrogen-bond donors (Lipinski definition) is 2. The summed E-state index contributed by atoms with van der Waals surface area (Å²) in [7, 11) is 1.48. The third-order valence-electron chi connectivity index (χ3n) is 1.15. The highest BCUT2D eigenvalue weighted by molar-refractivity contribution is 5.85. The van der Waals surface area contributed by atoms with E-state index in [2.05, 4.69) is 10.6 Å². The highest BCUT2D eigenvalue weighted by Gasteiger charge is 2.17. The molecule has 0 aliphatic carbocycles. The summed E-state index contributed by atoms with van der Waals surface area (Å²) >= 11 is 0. The van der Waals surface area contributed by atoms with Crippen LogP contribution >= 0.6 is 0 Å². The Morgan fingerprint density at radius 1 is 1.50 bits per heavy atom. The first-order valence-electron chi connectivity index (χ1n) is 3.72. The molecule has 0 saturated carbocycles. The molecular formula is C7H14N2O3. The van der Waals surface area contributed by atoms with Gasteiger partial charge in [0.25, 0.3) is 5.91 Å². The lowest BCUT2D eigenvalue weighted by Gasteiger charge is -2.15. The Morgan fingerprint density at radius 3 is 2.42 bits per heavy atom. The summed E-state index contributed by atoms with van der Waals surface area (Å²) in [6.07, 6.45) is -0.877. The normalized spacial score (nSPS) is 11.9. The van der Waals surface area contributed by atoms with Gasteiger partial charge in [0.2, 0.25) is 12.1 Å². The van der Waals surface area contributed by atoms with Crippen LogP contribution < -0.4 is 10.6 Å². The van der Waals surface area contributed by atoms with Gasteiger partial charge in [0.05, 0.1) is 0 Å². The van der Waals surface area contributed by atoms with E-state index in [1.807, 2.05) is 0 Å². The zero-order chi connectivity index (χ0) is 9.56. The van der Waals surface area contributed by atoms with Crippen LogP contribution in [0.3, 0.4) is 0 Å². The zero-order valence-electron chi connectivity index (χ0n) is 7.51. The topological polar surface area (TPSA) is 67.4 Å². The van der Waals surface area contributed by atoms with Gasteiger partial charge in [-0.25, -0.2) is 0 Å². The van der Waals surface area contributed by atoms with Crippen molar-refractivity contribution in [2.75, 3.05) is 13.7 Å². The van der Waals surface area contributed by atoms with Crippen molar-refractivity contribution in [3.8, 4) is 0 Å². The van der Waals surface area contributed by atoms with E-state index in [-0.39, 0.29) is 11.8 Å². The summed E-state index contributed by atoms with van der Waals surface area (Å²) in [5, 5.41) is 4.73. The van der Waals surface area contributed by atoms with Gasteiger partial charge in [-0.15, -0.1) is 0 Å². The van der Waals surface area contributed by atoms with Crippen LogP contribution in [0.5, 0.6) is 0 Å². The van der Waals surface area contributed by atoms with Crippen LogP contribution in [0.25, 0.3) is 0 Å². The maximum absolute atomic E-state index is 11.0. The summed E-state index contributed by atoms with van der Waals surface area (Å²) < 4.78 is 4.96. The van der Waals surface area contributed by atoms with E-state index in [1.165, 1.54) is 14.0 Å². The smallest absolute Gasteiger partial charge is 0.269 e. The molecule has 1 atom stereocenters. The van der Waals surface area contributed by atoms with Gasteiger partial charge in [-0.1, -0.05) is 0 Å². The van der Waals surface area contributed by atoms with Crippen LogP contribution in [0.2, 0.25) is 0 Å². The molecule has 5 heteroatoms. The number of carbonyl (C=O) groups is 2. The summed E-state index contributed by atoms with van der Waals surface area (Å²) in [6, 6.07) is 0. The van der Waals surface area contributed by atoms with E-state index >= 15 is 0 Å². The number of nitrogens with one attached hydrogen (secondary N) is 2. The van der Waals surface area contributed by atoms with Gasteiger partial charge in [0, 0.05) is 20.6 Å². The second kappa shape index (κ2) is 5.54. The first-order valence-corrected chi connectivity index (χ1v) is 3.72. The van der Waals surface area contributed by atoms with Crippen molar-refractivity contribution in [3.05, 3.63) is 0 Å². The van der Waals surface area contributed by atoms with Crippen molar-refractivity contribution in [1.82, 2.24) is 10.6 Å². The Bertz CT molecular complexity index is 170. The number of rotatable bonds is 4. The molecule has 0 saturated heterocycles. The fraction of sp³-hybridized carbons (Fsp3) is 0.714. The molecule has 0 aromatic carbocycles. The molecule has 2 N–H and O–H groups in total. The molecule has 0 aliphatic rings. The van der Waals surface area contributed by atoms with Gasteiger partial charge in [0.15, 0.2) is 0 Å². The average Bonchev–Trinajstić information content (AvgIpc) is 2.01. The highest BCUT2D eigenvalue weighted by Crippen LogP contribution is 1.86. The second-order valence-electron chi connectivity index (χ2n) is 2.15. The molecule has 0 unspecified atom stereocenters. The predicted molar refractivity (Wildman–Crippen MR) is 43.3 cm³/mol. The first-order chi connectivity index (χ1) is 5.61. The fourth-order valence-electron chi connectivity index (χ4n) is 0.665. The van der Waals surface area contributed by atoms with Crippen LogP contribution in [0, 0.1) is 0 Å². The minimum Gasteiger partial charge on any atom is -0.355 e. The Kier molecular flexibility index (Phi) is 5.03. The molecular weight excluding hydrogens is 160 g/mol. The molecule has 0 aromatic heterocycles. The molecule has 0 heterocycles. The Balaban J connectivity index is 4.02. The van der Waals surface area contributed by atoms with E-state index in [0.29, 0.717) is 6.61 Å². The Labute approximate surface area is 71.5 Å². The number of hydrogen-bond acceptors (Lipinski definition) is 3. The average molecular weight is 174 g/mol. The van der Waals surface area contributed by atoms with E-state index in [4.69, 9.17) is 4.74 Å². The Hall–Kier alpha value is -1.10. The number of likely N-dealkylation sites (N-methyl/N-ethyl adjacent to an activating group) is 1. The lowest BCUT2D eigenvalue weighted by Crippen LogP contribution is -2.46. The van der Waals surface area contributed by atoms with Gasteiger partial charge in [-0.2, -0.15) is 0 Å². The largest absolute Gasteiger partial charge is 0.355 e. The highest BCUT2D eigenvalue weighted by atomic mass is 16.5. The molecule has 5 nitrogen and oxygen atoms in total. The van der Waals surface area contributed by atoms with Crippen molar-refractivity contribution in [2.24, 2.45) is 0 Å². The predicted octanol–water partition coefficient (Wildman–Crippen LogP) is -0.769. The zero-order valence-corrected chi connectivity index (χ0v) is 7.51.